The zero-order chi connectivity index (χ0) is 19.0. The Morgan fingerprint density at radius 1 is 1.04 bits per heavy atom. The first kappa shape index (κ1) is 17.7. The van der Waals surface area contributed by atoms with Crippen molar-refractivity contribution in [3.63, 3.8) is 0 Å². The van der Waals surface area contributed by atoms with Gasteiger partial charge in [-0.2, -0.15) is 4.31 Å². The van der Waals surface area contributed by atoms with Gasteiger partial charge in [0.2, 0.25) is 10.0 Å². The van der Waals surface area contributed by atoms with Gasteiger partial charge in [-0.05, 0) is 54.8 Å². The number of carbonyl (C=O) groups is 2. The maximum atomic E-state index is 12.5. The molecule has 7 nitrogen and oxygen atoms in total. The standard InChI is InChI=1S/C19H19N3O4S/c23-18(21-15-6-3-14-12-20-19(24)17(14)11-15)13-4-7-16(8-5-13)27(25,26)22-9-1-2-10-22/h3-8,11H,1-2,9-10,12H2,(H,20,24)(H,21,23). The molecule has 2 aliphatic heterocycles. The maximum absolute atomic E-state index is 12.5. The third-order valence-corrected chi connectivity index (χ3v) is 6.78. The summed E-state index contributed by atoms with van der Waals surface area (Å²) in [6.07, 6.45) is 1.75. The van der Waals surface area contributed by atoms with E-state index in [0.717, 1.165) is 18.4 Å². The van der Waals surface area contributed by atoms with Crippen molar-refractivity contribution >= 4 is 27.5 Å². The number of sulfonamides is 1. The molecule has 2 heterocycles. The van der Waals surface area contributed by atoms with Crippen LogP contribution in [-0.2, 0) is 16.6 Å². The van der Waals surface area contributed by atoms with E-state index in [4.69, 9.17) is 0 Å². The third kappa shape index (κ3) is 3.33. The van der Waals surface area contributed by atoms with E-state index < -0.39 is 10.0 Å². The predicted octanol–water partition coefficient (Wildman–Crippen LogP) is 1.97. The number of nitrogens with zero attached hydrogens (tertiary/aromatic N) is 1. The van der Waals surface area contributed by atoms with E-state index in [2.05, 4.69) is 10.6 Å². The van der Waals surface area contributed by atoms with E-state index in [1.54, 1.807) is 18.2 Å². The first-order chi connectivity index (χ1) is 12.9. The second-order valence-corrected chi connectivity index (χ2v) is 8.58. The molecule has 0 radical (unpaired) electrons. The Kier molecular flexibility index (Phi) is 4.45. The van der Waals surface area contributed by atoms with Crippen LogP contribution in [0.2, 0.25) is 0 Å². The number of nitrogens with one attached hydrogen (secondary N) is 2. The van der Waals surface area contributed by atoms with Gasteiger partial charge in [0, 0.05) is 36.4 Å². The number of fused-ring (bicyclic) bond motifs is 1. The minimum absolute atomic E-state index is 0.155. The van der Waals surface area contributed by atoms with Crippen molar-refractivity contribution in [2.24, 2.45) is 0 Å². The van der Waals surface area contributed by atoms with Gasteiger partial charge >= 0.3 is 0 Å². The van der Waals surface area contributed by atoms with E-state index in [0.29, 0.717) is 36.4 Å². The van der Waals surface area contributed by atoms with Crippen molar-refractivity contribution in [2.75, 3.05) is 18.4 Å². The van der Waals surface area contributed by atoms with E-state index in [1.165, 1.54) is 28.6 Å². The predicted molar refractivity (Wildman–Crippen MR) is 100 cm³/mol. The normalized spacial score (nSPS) is 16.8. The summed E-state index contributed by atoms with van der Waals surface area (Å²) in [5.74, 6) is -0.518. The van der Waals surface area contributed by atoms with Crippen molar-refractivity contribution < 1.29 is 18.0 Å². The van der Waals surface area contributed by atoms with E-state index in [-0.39, 0.29) is 16.7 Å². The lowest BCUT2D eigenvalue weighted by atomic mass is 10.1. The number of hydrogen-bond acceptors (Lipinski definition) is 4. The van der Waals surface area contributed by atoms with Gasteiger partial charge in [0.25, 0.3) is 11.8 Å². The number of rotatable bonds is 4. The molecule has 27 heavy (non-hydrogen) atoms. The highest BCUT2D eigenvalue weighted by Crippen LogP contribution is 2.23. The van der Waals surface area contributed by atoms with Gasteiger partial charge in [-0.15, -0.1) is 0 Å². The van der Waals surface area contributed by atoms with Crippen molar-refractivity contribution in [1.29, 1.82) is 0 Å². The molecule has 0 bridgehead atoms. The van der Waals surface area contributed by atoms with Crippen LogP contribution >= 0.6 is 0 Å². The Bertz CT molecular complexity index is 1010. The lowest BCUT2D eigenvalue weighted by Crippen LogP contribution is -2.27. The van der Waals surface area contributed by atoms with Crippen LogP contribution in [-0.4, -0.2) is 37.6 Å². The van der Waals surface area contributed by atoms with Crippen LogP contribution in [0.5, 0.6) is 0 Å². The first-order valence-corrected chi connectivity index (χ1v) is 10.2. The molecule has 0 spiro atoms. The fourth-order valence-corrected chi connectivity index (χ4v) is 4.87. The van der Waals surface area contributed by atoms with Crippen LogP contribution in [0.3, 0.4) is 0 Å². The lowest BCUT2D eigenvalue weighted by Gasteiger charge is -2.15. The van der Waals surface area contributed by atoms with Gasteiger partial charge in [0.05, 0.1) is 4.90 Å². The van der Waals surface area contributed by atoms with E-state index in [9.17, 15) is 18.0 Å². The van der Waals surface area contributed by atoms with Crippen LogP contribution in [0.1, 0.15) is 39.1 Å². The summed E-state index contributed by atoms with van der Waals surface area (Å²) in [5, 5.41) is 5.47. The molecule has 0 unspecified atom stereocenters. The molecule has 2 aromatic carbocycles. The average Bonchev–Trinajstić information content (AvgIpc) is 3.33. The topological polar surface area (TPSA) is 95.6 Å². The first-order valence-electron chi connectivity index (χ1n) is 8.78. The van der Waals surface area contributed by atoms with Gasteiger partial charge in [-0.1, -0.05) is 6.07 Å². The molecule has 0 aromatic heterocycles. The summed E-state index contributed by atoms with van der Waals surface area (Å²) in [6.45, 7) is 1.57. The zero-order valence-corrected chi connectivity index (χ0v) is 15.4. The lowest BCUT2D eigenvalue weighted by molar-refractivity contribution is 0.0964. The van der Waals surface area contributed by atoms with Crippen molar-refractivity contribution in [3.8, 4) is 0 Å². The Morgan fingerprint density at radius 3 is 2.44 bits per heavy atom. The summed E-state index contributed by atoms with van der Waals surface area (Å²) in [7, 11) is -3.50. The Morgan fingerprint density at radius 2 is 1.74 bits per heavy atom. The van der Waals surface area contributed by atoms with Gasteiger partial charge in [0.1, 0.15) is 0 Å². The second kappa shape index (κ2) is 6.79. The summed E-state index contributed by atoms with van der Waals surface area (Å²) in [5.41, 5.74) is 2.32. The van der Waals surface area contributed by atoms with Crippen LogP contribution in [0, 0.1) is 0 Å². The Labute approximate surface area is 157 Å². The van der Waals surface area contributed by atoms with Crippen molar-refractivity contribution in [3.05, 3.63) is 59.2 Å². The molecule has 2 aliphatic rings. The quantitative estimate of drug-likeness (QED) is 0.841. The van der Waals surface area contributed by atoms with Gasteiger partial charge in [0.15, 0.2) is 0 Å². The van der Waals surface area contributed by atoms with Crippen molar-refractivity contribution in [2.45, 2.75) is 24.3 Å². The maximum Gasteiger partial charge on any atom is 0.255 e. The minimum atomic E-state index is -3.50. The van der Waals surface area contributed by atoms with Gasteiger partial charge in [-0.3, -0.25) is 9.59 Å². The molecule has 2 aromatic rings. The number of anilines is 1. The molecule has 2 N–H and O–H groups in total. The smallest absolute Gasteiger partial charge is 0.255 e. The van der Waals surface area contributed by atoms with Crippen LogP contribution < -0.4 is 10.6 Å². The average molecular weight is 385 g/mol. The molecule has 0 aliphatic carbocycles. The second-order valence-electron chi connectivity index (χ2n) is 6.64. The molecule has 4 rings (SSSR count). The number of benzene rings is 2. The molecule has 2 amide bonds. The molecular formula is C19H19N3O4S. The molecular weight excluding hydrogens is 366 g/mol. The number of carbonyl (C=O) groups excluding carboxylic acids is 2. The summed E-state index contributed by atoms with van der Waals surface area (Å²) in [6, 6.07) is 11.1. The molecule has 1 fully saturated rings. The summed E-state index contributed by atoms with van der Waals surface area (Å²) in [4.78, 5) is 24.4. The Hall–Kier alpha value is -2.71. The van der Waals surface area contributed by atoms with E-state index in [1.807, 2.05) is 0 Å². The third-order valence-electron chi connectivity index (χ3n) is 4.87. The van der Waals surface area contributed by atoms with Crippen LogP contribution in [0.25, 0.3) is 0 Å². The minimum Gasteiger partial charge on any atom is -0.348 e. The molecule has 1 saturated heterocycles. The van der Waals surface area contributed by atoms with Crippen molar-refractivity contribution in [1.82, 2.24) is 9.62 Å². The largest absolute Gasteiger partial charge is 0.348 e. The monoisotopic (exact) mass is 385 g/mol. The highest BCUT2D eigenvalue weighted by atomic mass is 32.2. The van der Waals surface area contributed by atoms with Gasteiger partial charge < -0.3 is 10.6 Å². The Balaban J connectivity index is 1.50. The summed E-state index contributed by atoms with van der Waals surface area (Å²) >= 11 is 0. The fourth-order valence-electron chi connectivity index (χ4n) is 3.35. The highest BCUT2D eigenvalue weighted by molar-refractivity contribution is 7.89. The number of hydrogen-bond donors (Lipinski definition) is 2. The SMILES string of the molecule is O=C(Nc1ccc2c(c1)C(=O)NC2)c1ccc(S(=O)(=O)N2CCCC2)cc1. The highest BCUT2D eigenvalue weighted by Gasteiger charge is 2.27. The summed E-state index contributed by atoms with van der Waals surface area (Å²) < 4.78 is 26.5. The molecule has 8 heteroatoms. The number of amides is 2. The zero-order valence-electron chi connectivity index (χ0n) is 14.6. The van der Waals surface area contributed by atoms with E-state index >= 15 is 0 Å². The molecule has 0 atom stereocenters. The molecule has 140 valence electrons. The fraction of sp³-hybridized carbons (Fsp3) is 0.263. The van der Waals surface area contributed by atoms with Crippen LogP contribution in [0.15, 0.2) is 47.4 Å². The van der Waals surface area contributed by atoms with Crippen LogP contribution in [0.4, 0.5) is 5.69 Å². The van der Waals surface area contributed by atoms with Gasteiger partial charge in [-0.25, -0.2) is 8.42 Å². The molecule has 0 saturated carbocycles.